The van der Waals surface area contributed by atoms with E-state index in [1.807, 2.05) is 0 Å². The first kappa shape index (κ1) is 15.3. The maximum atomic E-state index is 12.9. The molecule has 2 aromatic rings. The Kier molecular flexibility index (Phi) is 4.47. The minimum absolute atomic E-state index is 0.0636. The summed E-state index contributed by atoms with van der Waals surface area (Å²) >= 11 is 0. The Morgan fingerprint density at radius 3 is 2.43 bits per heavy atom. The molecule has 0 amide bonds. The van der Waals surface area contributed by atoms with Gasteiger partial charge >= 0.3 is 0 Å². The Labute approximate surface area is 123 Å². The molecule has 0 saturated heterocycles. The standard InChI is InChI=1S/C15H16FNO3S/c1-3-20-14-9-4-11(2)10-15(14)21(18,19)17-13-7-5-12(16)6-8-13/h4-10,17H,3H2,1-2H3. The van der Waals surface area contributed by atoms with Crippen LogP contribution in [0.15, 0.2) is 47.4 Å². The highest BCUT2D eigenvalue weighted by molar-refractivity contribution is 7.92. The van der Waals surface area contributed by atoms with E-state index in [1.54, 1.807) is 26.0 Å². The van der Waals surface area contributed by atoms with Gasteiger partial charge in [0.25, 0.3) is 10.0 Å². The van der Waals surface area contributed by atoms with Crippen LogP contribution in [0.25, 0.3) is 0 Å². The summed E-state index contributed by atoms with van der Waals surface area (Å²) in [6.07, 6.45) is 0. The van der Waals surface area contributed by atoms with Crippen molar-refractivity contribution in [3.63, 3.8) is 0 Å². The molecular weight excluding hydrogens is 293 g/mol. The van der Waals surface area contributed by atoms with Gasteiger partial charge in [-0.15, -0.1) is 0 Å². The lowest BCUT2D eigenvalue weighted by atomic mass is 10.2. The molecule has 0 heterocycles. The Bertz CT molecular complexity index is 727. The number of ether oxygens (including phenoxy) is 1. The first-order valence-corrected chi connectivity index (χ1v) is 7.92. The highest BCUT2D eigenvalue weighted by Gasteiger charge is 2.20. The van der Waals surface area contributed by atoms with E-state index in [2.05, 4.69) is 4.72 Å². The number of halogens is 1. The average molecular weight is 309 g/mol. The summed E-state index contributed by atoms with van der Waals surface area (Å²) in [6, 6.07) is 10.1. The van der Waals surface area contributed by atoms with Crippen molar-refractivity contribution in [1.82, 2.24) is 0 Å². The molecule has 0 aliphatic carbocycles. The van der Waals surface area contributed by atoms with E-state index in [1.165, 1.54) is 30.3 Å². The van der Waals surface area contributed by atoms with Gasteiger partial charge < -0.3 is 4.74 Å². The lowest BCUT2D eigenvalue weighted by molar-refractivity contribution is 0.331. The van der Waals surface area contributed by atoms with Crippen molar-refractivity contribution in [2.75, 3.05) is 11.3 Å². The Morgan fingerprint density at radius 1 is 1.14 bits per heavy atom. The number of rotatable bonds is 5. The Morgan fingerprint density at radius 2 is 1.81 bits per heavy atom. The minimum Gasteiger partial charge on any atom is -0.492 e. The van der Waals surface area contributed by atoms with E-state index in [4.69, 9.17) is 4.74 Å². The second-order valence-electron chi connectivity index (χ2n) is 4.50. The van der Waals surface area contributed by atoms with E-state index in [-0.39, 0.29) is 10.6 Å². The molecule has 0 saturated carbocycles. The first-order valence-electron chi connectivity index (χ1n) is 6.44. The normalized spacial score (nSPS) is 11.2. The van der Waals surface area contributed by atoms with E-state index < -0.39 is 15.8 Å². The van der Waals surface area contributed by atoms with E-state index in [0.29, 0.717) is 12.3 Å². The number of benzene rings is 2. The van der Waals surface area contributed by atoms with Gasteiger partial charge in [0.1, 0.15) is 16.5 Å². The van der Waals surface area contributed by atoms with Gasteiger partial charge in [0.15, 0.2) is 0 Å². The van der Waals surface area contributed by atoms with Crippen molar-refractivity contribution >= 4 is 15.7 Å². The predicted octanol–water partition coefficient (Wildman–Crippen LogP) is 3.33. The zero-order chi connectivity index (χ0) is 15.5. The number of hydrogen-bond acceptors (Lipinski definition) is 3. The van der Waals surface area contributed by atoms with Crippen molar-refractivity contribution in [3.8, 4) is 5.75 Å². The molecule has 21 heavy (non-hydrogen) atoms. The van der Waals surface area contributed by atoms with Gasteiger partial charge in [0.05, 0.1) is 6.61 Å². The van der Waals surface area contributed by atoms with Crippen LogP contribution in [0.3, 0.4) is 0 Å². The van der Waals surface area contributed by atoms with Gasteiger partial charge in [-0.2, -0.15) is 0 Å². The van der Waals surface area contributed by atoms with Gasteiger partial charge in [-0.3, -0.25) is 4.72 Å². The first-order chi connectivity index (χ1) is 9.92. The number of hydrogen-bond donors (Lipinski definition) is 1. The molecule has 0 atom stereocenters. The zero-order valence-corrected chi connectivity index (χ0v) is 12.6. The third-order valence-electron chi connectivity index (χ3n) is 2.79. The summed E-state index contributed by atoms with van der Waals surface area (Å²) in [5.41, 5.74) is 1.10. The van der Waals surface area contributed by atoms with E-state index in [9.17, 15) is 12.8 Å². The molecule has 0 aliphatic rings. The van der Waals surface area contributed by atoms with Gasteiger partial charge in [-0.1, -0.05) is 6.07 Å². The van der Waals surface area contributed by atoms with Crippen LogP contribution in [0.5, 0.6) is 5.75 Å². The topological polar surface area (TPSA) is 55.4 Å². The zero-order valence-electron chi connectivity index (χ0n) is 11.8. The van der Waals surface area contributed by atoms with E-state index in [0.717, 1.165) is 5.56 Å². The number of anilines is 1. The predicted molar refractivity (Wildman–Crippen MR) is 79.6 cm³/mol. The molecular formula is C15H16FNO3S. The summed E-state index contributed by atoms with van der Waals surface area (Å²) in [6.45, 7) is 3.94. The Balaban J connectivity index is 2.39. The molecule has 0 unspecified atom stereocenters. The van der Waals surface area contributed by atoms with Crippen molar-refractivity contribution < 1.29 is 17.5 Å². The highest BCUT2D eigenvalue weighted by Crippen LogP contribution is 2.27. The van der Waals surface area contributed by atoms with Gasteiger partial charge in [0.2, 0.25) is 0 Å². The molecule has 2 rings (SSSR count). The summed E-state index contributed by atoms with van der Waals surface area (Å²) in [4.78, 5) is 0.0636. The lowest BCUT2D eigenvalue weighted by Gasteiger charge is -2.13. The van der Waals surface area contributed by atoms with Gasteiger partial charge in [-0.05, 0) is 55.8 Å². The molecule has 1 N–H and O–H groups in total. The second-order valence-corrected chi connectivity index (χ2v) is 6.15. The Hall–Kier alpha value is -2.08. The third kappa shape index (κ3) is 3.72. The molecule has 2 aromatic carbocycles. The van der Waals surface area contributed by atoms with Crippen LogP contribution < -0.4 is 9.46 Å². The van der Waals surface area contributed by atoms with Crippen LogP contribution in [0.1, 0.15) is 12.5 Å². The number of aryl methyl sites for hydroxylation is 1. The monoisotopic (exact) mass is 309 g/mol. The fraction of sp³-hybridized carbons (Fsp3) is 0.200. The number of sulfonamides is 1. The lowest BCUT2D eigenvalue weighted by Crippen LogP contribution is -2.14. The molecule has 0 bridgehead atoms. The van der Waals surface area contributed by atoms with Crippen LogP contribution in [-0.4, -0.2) is 15.0 Å². The van der Waals surface area contributed by atoms with Gasteiger partial charge in [0, 0.05) is 5.69 Å². The van der Waals surface area contributed by atoms with Crippen LogP contribution in [-0.2, 0) is 10.0 Å². The highest BCUT2D eigenvalue weighted by atomic mass is 32.2. The summed E-state index contributed by atoms with van der Waals surface area (Å²) < 4.78 is 45.5. The van der Waals surface area contributed by atoms with Crippen molar-refractivity contribution in [2.45, 2.75) is 18.7 Å². The maximum Gasteiger partial charge on any atom is 0.265 e. The van der Waals surface area contributed by atoms with Gasteiger partial charge in [-0.25, -0.2) is 12.8 Å². The summed E-state index contributed by atoms with van der Waals surface area (Å²) in [5.74, 6) is -0.138. The molecule has 0 aromatic heterocycles. The third-order valence-corrected chi connectivity index (χ3v) is 4.19. The van der Waals surface area contributed by atoms with Crippen LogP contribution in [0.2, 0.25) is 0 Å². The largest absolute Gasteiger partial charge is 0.492 e. The molecule has 0 aliphatic heterocycles. The van der Waals surface area contributed by atoms with Crippen molar-refractivity contribution in [3.05, 3.63) is 53.8 Å². The summed E-state index contributed by atoms with van der Waals surface area (Å²) in [7, 11) is -3.80. The minimum atomic E-state index is -3.80. The molecule has 0 fully saturated rings. The SMILES string of the molecule is CCOc1ccc(C)cc1S(=O)(=O)Nc1ccc(F)cc1. The fourth-order valence-electron chi connectivity index (χ4n) is 1.83. The maximum absolute atomic E-state index is 12.9. The summed E-state index contributed by atoms with van der Waals surface area (Å²) in [5, 5.41) is 0. The smallest absolute Gasteiger partial charge is 0.265 e. The quantitative estimate of drug-likeness (QED) is 0.921. The molecule has 112 valence electrons. The fourth-order valence-corrected chi connectivity index (χ4v) is 3.12. The number of nitrogens with one attached hydrogen (secondary N) is 1. The molecule has 0 spiro atoms. The van der Waals surface area contributed by atoms with Crippen molar-refractivity contribution in [1.29, 1.82) is 0 Å². The second kappa shape index (κ2) is 6.13. The molecule has 0 radical (unpaired) electrons. The average Bonchev–Trinajstić information content (AvgIpc) is 2.43. The van der Waals surface area contributed by atoms with Crippen LogP contribution in [0.4, 0.5) is 10.1 Å². The molecule has 4 nitrogen and oxygen atoms in total. The molecule has 6 heteroatoms. The van der Waals surface area contributed by atoms with E-state index >= 15 is 0 Å². The van der Waals surface area contributed by atoms with Crippen LogP contribution >= 0.6 is 0 Å². The van der Waals surface area contributed by atoms with Crippen molar-refractivity contribution in [2.24, 2.45) is 0 Å². The van der Waals surface area contributed by atoms with Crippen LogP contribution in [0, 0.1) is 12.7 Å².